The highest BCUT2D eigenvalue weighted by Crippen LogP contribution is 2.32. The van der Waals surface area contributed by atoms with Crippen LogP contribution < -0.4 is 9.64 Å². The summed E-state index contributed by atoms with van der Waals surface area (Å²) in [4.78, 5) is 13.4. The summed E-state index contributed by atoms with van der Waals surface area (Å²) < 4.78 is 48.8. The van der Waals surface area contributed by atoms with Crippen molar-refractivity contribution >= 4 is 11.8 Å². The van der Waals surface area contributed by atoms with Crippen LogP contribution in [0.5, 0.6) is 5.75 Å². The van der Waals surface area contributed by atoms with E-state index in [2.05, 4.69) is 0 Å². The maximum atomic E-state index is 12.9. The average molecular weight is 353 g/mol. The van der Waals surface area contributed by atoms with Gasteiger partial charge in [-0.1, -0.05) is 24.3 Å². The minimum atomic E-state index is -4.44. The normalized spacial score (nSPS) is 12.4. The van der Waals surface area contributed by atoms with Gasteiger partial charge in [-0.15, -0.1) is 0 Å². The minimum absolute atomic E-state index is 0.303. The first-order valence-electron chi connectivity index (χ1n) is 7.68. The molecule has 0 saturated heterocycles. The molecule has 0 bridgehead atoms. The molecule has 0 amide bonds. The average Bonchev–Trinajstić information content (AvgIpc) is 2.56. The van der Waals surface area contributed by atoms with E-state index in [0.717, 1.165) is 12.1 Å². The highest BCUT2D eigenvalue weighted by molar-refractivity contribution is 5.64. The second kappa shape index (κ2) is 7.92. The molecular formula is C18H18F3NO3. The Morgan fingerprint density at radius 2 is 1.80 bits per heavy atom. The van der Waals surface area contributed by atoms with E-state index in [1.165, 1.54) is 17.0 Å². The molecule has 0 spiro atoms. The lowest BCUT2D eigenvalue weighted by molar-refractivity contribution is -0.137. The molecule has 2 aromatic carbocycles. The van der Waals surface area contributed by atoms with Gasteiger partial charge in [-0.3, -0.25) is 0 Å². The van der Waals surface area contributed by atoms with Crippen LogP contribution >= 0.6 is 0 Å². The third-order valence-corrected chi connectivity index (χ3v) is 3.50. The Hall–Kier alpha value is -2.70. The van der Waals surface area contributed by atoms with Gasteiger partial charge in [0.05, 0.1) is 5.56 Å². The lowest BCUT2D eigenvalue weighted by atomic mass is 10.2. The molecule has 7 heteroatoms. The summed E-state index contributed by atoms with van der Waals surface area (Å²) in [5, 5.41) is 0. The van der Waals surface area contributed by atoms with E-state index in [9.17, 15) is 18.0 Å². The van der Waals surface area contributed by atoms with Gasteiger partial charge in [0.15, 0.2) is 6.23 Å². The van der Waals surface area contributed by atoms with Crippen molar-refractivity contribution in [2.24, 2.45) is 0 Å². The maximum absolute atomic E-state index is 12.9. The van der Waals surface area contributed by atoms with Gasteiger partial charge in [0.1, 0.15) is 5.75 Å². The Labute approximate surface area is 143 Å². The monoisotopic (exact) mass is 353 g/mol. The summed E-state index contributed by atoms with van der Waals surface area (Å²) in [6.45, 7) is 3.67. The molecule has 0 aliphatic rings. The lowest BCUT2D eigenvalue weighted by Crippen LogP contribution is -2.37. The molecule has 1 atom stereocenters. The quantitative estimate of drug-likeness (QED) is 0.426. The van der Waals surface area contributed by atoms with Crippen LogP contribution in [0.2, 0.25) is 0 Å². The van der Waals surface area contributed by atoms with Crippen molar-refractivity contribution in [3.63, 3.8) is 0 Å². The van der Waals surface area contributed by atoms with Crippen LogP contribution in [0.25, 0.3) is 0 Å². The first-order valence-corrected chi connectivity index (χ1v) is 7.68. The summed E-state index contributed by atoms with van der Waals surface area (Å²) >= 11 is 0. The van der Waals surface area contributed by atoms with Gasteiger partial charge in [0.25, 0.3) is 0 Å². The highest BCUT2D eigenvalue weighted by Gasteiger charge is 2.31. The van der Waals surface area contributed by atoms with Crippen LogP contribution in [-0.4, -0.2) is 18.9 Å². The van der Waals surface area contributed by atoms with Crippen molar-refractivity contribution < 1.29 is 27.4 Å². The van der Waals surface area contributed by atoms with Crippen LogP contribution in [0.1, 0.15) is 19.4 Å². The Morgan fingerprint density at radius 1 is 1.12 bits per heavy atom. The van der Waals surface area contributed by atoms with Crippen LogP contribution in [0.4, 0.5) is 23.7 Å². The number of hydrogen-bond acceptors (Lipinski definition) is 4. The molecular weight excluding hydrogens is 335 g/mol. The van der Waals surface area contributed by atoms with Crippen molar-refractivity contribution in [2.75, 3.05) is 11.4 Å². The number of carbonyl (C=O) groups excluding carboxylic acids is 1. The van der Waals surface area contributed by atoms with E-state index >= 15 is 0 Å². The van der Waals surface area contributed by atoms with E-state index in [1.54, 1.807) is 44.2 Å². The summed E-state index contributed by atoms with van der Waals surface area (Å²) in [5.41, 5.74) is -0.458. The molecule has 0 aliphatic carbocycles. The fourth-order valence-electron chi connectivity index (χ4n) is 2.32. The van der Waals surface area contributed by atoms with Crippen molar-refractivity contribution in [2.45, 2.75) is 26.3 Å². The molecule has 0 N–H and O–H groups in total. The number of carbonyl (C=O) groups is 1. The molecule has 0 fully saturated rings. The van der Waals surface area contributed by atoms with E-state index in [1.807, 2.05) is 0 Å². The Morgan fingerprint density at radius 3 is 2.40 bits per heavy atom. The molecule has 25 heavy (non-hydrogen) atoms. The van der Waals surface area contributed by atoms with E-state index in [0.29, 0.717) is 18.0 Å². The molecule has 2 rings (SSSR count). The minimum Gasteiger partial charge on any atom is -0.410 e. The molecule has 0 aliphatic heterocycles. The molecule has 0 saturated carbocycles. The molecule has 0 aromatic heterocycles. The fraction of sp³-hybridized carbons (Fsp3) is 0.278. The summed E-state index contributed by atoms with van der Waals surface area (Å²) in [7, 11) is 0. The molecule has 0 heterocycles. The number of halogens is 3. The zero-order valence-electron chi connectivity index (χ0n) is 13.8. The van der Waals surface area contributed by atoms with Crippen LogP contribution in [0.15, 0.2) is 54.6 Å². The maximum Gasteiger partial charge on any atom is 0.515 e. The Kier molecular flexibility index (Phi) is 5.90. The van der Waals surface area contributed by atoms with Crippen LogP contribution in [0.3, 0.4) is 0 Å². The van der Waals surface area contributed by atoms with Gasteiger partial charge in [-0.25, -0.2) is 4.79 Å². The number of benzene rings is 2. The van der Waals surface area contributed by atoms with Crippen LogP contribution in [0, 0.1) is 0 Å². The molecule has 0 radical (unpaired) electrons. The van der Waals surface area contributed by atoms with Crippen molar-refractivity contribution in [1.82, 2.24) is 0 Å². The molecule has 2 aromatic rings. The third-order valence-electron chi connectivity index (χ3n) is 3.50. The van der Waals surface area contributed by atoms with E-state index < -0.39 is 24.1 Å². The van der Waals surface area contributed by atoms with E-state index in [-0.39, 0.29) is 0 Å². The number of anilines is 1. The SMILES string of the molecule is CCN(c1cccc(C(F)(F)F)c1)C(C)OC(=O)Oc1ccccc1. The van der Waals surface area contributed by atoms with E-state index in [4.69, 9.17) is 9.47 Å². The van der Waals surface area contributed by atoms with Gasteiger partial charge < -0.3 is 14.4 Å². The standard InChI is InChI=1S/C18H18F3NO3/c1-3-22(15-9-7-8-14(12-15)18(19,20)21)13(2)24-17(23)25-16-10-5-4-6-11-16/h4-13H,3H2,1-2H3. The zero-order valence-corrected chi connectivity index (χ0v) is 13.8. The molecule has 1 unspecified atom stereocenters. The fourth-order valence-corrected chi connectivity index (χ4v) is 2.32. The number of alkyl halides is 3. The third kappa shape index (κ3) is 5.14. The number of ether oxygens (including phenoxy) is 2. The second-order valence-electron chi connectivity index (χ2n) is 5.22. The van der Waals surface area contributed by atoms with Crippen LogP contribution in [-0.2, 0) is 10.9 Å². The first-order chi connectivity index (χ1) is 11.8. The predicted molar refractivity (Wildman–Crippen MR) is 87.5 cm³/mol. The zero-order chi connectivity index (χ0) is 18.4. The number of nitrogens with zero attached hydrogens (tertiary/aromatic N) is 1. The summed E-state index contributed by atoms with van der Waals surface area (Å²) in [6.07, 6.45) is -6.17. The van der Waals surface area contributed by atoms with Gasteiger partial charge in [0.2, 0.25) is 0 Å². The number of hydrogen-bond donors (Lipinski definition) is 0. The number of rotatable bonds is 5. The summed E-state index contributed by atoms with van der Waals surface area (Å²) in [6, 6.07) is 13.2. The Bertz CT molecular complexity index is 704. The van der Waals surface area contributed by atoms with Crippen molar-refractivity contribution in [1.29, 1.82) is 0 Å². The second-order valence-corrected chi connectivity index (χ2v) is 5.22. The molecule has 134 valence electrons. The van der Waals surface area contributed by atoms with Crippen molar-refractivity contribution in [3.05, 3.63) is 60.2 Å². The van der Waals surface area contributed by atoms with Gasteiger partial charge in [0, 0.05) is 12.2 Å². The largest absolute Gasteiger partial charge is 0.515 e. The molecule has 4 nitrogen and oxygen atoms in total. The Balaban J connectivity index is 2.08. The van der Waals surface area contributed by atoms with Gasteiger partial charge >= 0.3 is 12.3 Å². The van der Waals surface area contributed by atoms with Gasteiger partial charge in [-0.05, 0) is 44.2 Å². The topological polar surface area (TPSA) is 38.8 Å². The first kappa shape index (κ1) is 18.6. The predicted octanol–water partition coefficient (Wildman–Crippen LogP) is 5.09. The smallest absolute Gasteiger partial charge is 0.410 e. The van der Waals surface area contributed by atoms with Gasteiger partial charge in [-0.2, -0.15) is 13.2 Å². The summed E-state index contributed by atoms with van der Waals surface area (Å²) in [5.74, 6) is 0.321. The van der Waals surface area contributed by atoms with Crippen molar-refractivity contribution in [3.8, 4) is 5.75 Å². The lowest BCUT2D eigenvalue weighted by Gasteiger charge is -2.29. The highest BCUT2D eigenvalue weighted by atomic mass is 19.4. The number of para-hydroxylation sites is 1.